The highest BCUT2D eigenvalue weighted by Crippen LogP contribution is 2.48. The Morgan fingerprint density at radius 1 is 1.21 bits per heavy atom. The molecule has 0 spiro atoms. The first kappa shape index (κ1) is 23.9. The van der Waals surface area contributed by atoms with Crippen LogP contribution in [0.5, 0.6) is 0 Å². The monoisotopic (exact) mass is 473 g/mol. The molecule has 1 aromatic heterocycles. The summed E-state index contributed by atoms with van der Waals surface area (Å²) >= 11 is 0. The molecule has 34 heavy (non-hydrogen) atoms. The number of nitrogens with one attached hydrogen (secondary N) is 1. The van der Waals surface area contributed by atoms with Crippen LogP contribution in [0.4, 0.5) is 19.3 Å². The molecule has 1 atom stereocenters. The minimum absolute atomic E-state index is 0.0504. The molecule has 2 N–H and O–H groups in total. The predicted molar refractivity (Wildman–Crippen MR) is 123 cm³/mol. The van der Waals surface area contributed by atoms with Crippen molar-refractivity contribution in [2.75, 3.05) is 18.0 Å². The van der Waals surface area contributed by atoms with E-state index in [1.807, 2.05) is 11.8 Å². The molecule has 2 heterocycles. The van der Waals surface area contributed by atoms with Gasteiger partial charge in [0.05, 0.1) is 16.9 Å². The Hall–Kier alpha value is -3.23. The zero-order valence-electron chi connectivity index (χ0n) is 19.7. The lowest BCUT2D eigenvalue weighted by atomic mass is 9.95. The number of benzene rings is 1. The van der Waals surface area contributed by atoms with Crippen LogP contribution >= 0.6 is 0 Å². The number of anilines is 1. The molecule has 182 valence electrons. The molecule has 2 fully saturated rings. The summed E-state index contributed by atoms with van der Waals surface area (Å²) in [6.45, 7) is 7.92. The van der Waals surface area contributed by atoms with E-state index < -0.39 is 34.8 Å². The topological polar surface area (TPSA) is 91.8 Å². The van der Waals surface area contributed by atoms with Crippen LogP contribution in [0.15, 0.2) is 24.4 Å². The molecule has 0 unspecified atom stereocenters. The van der Waals surface area contributed by atoms with Crippen LogP contribution in [0.3, 0.4) is 0 Å². The summed E-state index contributed by atoms with van der Waals surface area (Å²) < 4.78 is 33.8. The van der Waals surface area contributed by atoms with Crippen molar-refractivity contribution in [2.24, 2.45) is 0 Å². The van der Waals surface area contributed by atoms with Gasteiger partial charge in [0.25, 0.3) is 0 Å². The lowest BCUT2D eigenvalue weighted by Gasteiger charge is -2.30. The number of nitrogens with zero attached hydrogens (tertiary/aromatic N) is 2. The average molecular weight is 474 g/mol. The summed E-state index contributed by atoms with van der Waals surface area (Å²) in [6.07, 6.45) is 3.05. The molecule has 1 aromatic carbocycles. The van der Waals surface area contributed by atoms with Gasteiger partial charge in [-0.3, -0.25) is 4.98 Å². The molecule has 1 saturated carbocycles. The normalized spacial score (nSPS) is 20.4. The van der Waals surface area contributed by atoms with E-state index in [0.717, 1.165) is 18.9 Å². The molecule has 1 saturated heterocycles. The van der Waals surface area contributed by atoms with Crippen LogP contribution in [-0.4, -0.2) is 46.4 Å². The summed E-state index contributed by atoms with van der Waals surface area (Å²) in [5.74, 6) is -2.57. The molecule has 0 radical (unpaired) electrons. The Morgan fingerprint density at radius 2 is 1.85 bits per heavy atom. The third-order valence-corrected chi connectivity index (χ3v) is 6.02. The van der Waals surface area contributed by atoms with Gasteiger partial charge in [0.2, 0.25) is 0 Å². The number of aromatic carboxylic acids is 1. The number of aromatic nitrogens is 1. The maximum atomic E-state index is 14.2. The number of halogens is 2. The fraction of sp³-hybridized carbons (Fsp3) is 0.480. The van der Waals surface area contributed by atoms with Gasteiger partial charge in [-0.25, -0.2) is 18.4 Å². The van der Waals surface area contributed by atoms with Crippen molar-refractivity contribution in [1.29, 1.82) is 0 Å². The largest absolute Gasteiger partial charge is 0.478 e. The number of hydrogen-bond donors (Lipinski definition) is 2. The molecule has 1 aliphatic heterocycles. The molecule has 1 aliphatic carbocycles. The zero-order valence-corrected chi connectivity index (χ0v) is 19.7. The van der Waals surface area contributed by atoms with E-state index in [0.29, 0.717) is 36.5 Å². The number of pyridine rings is 1. The minimum atomic E-state index is -1.18. The number of rotatable bonds is 5. The Bertz CT molecular complexity index is 1120. The smallest absolute Gasteiger partial charge is 0.408 e. The Morgan fingerprint density at radius 3 is 2.41 bits per heavy atom. The first-order chi connectivity index (χ1) is 15.8. The van der Waals surface area contributed by atoms with Crippen molar-refractivity contribution < 1.29 is 28.2 Å². The van der Waals surface area contributed by atoms with Crippen molar-refractivity contribution in [3.8, 4) is 11.1 Å². The van der Waals surface area contributed by atoms with Crippen LogP contribution in [0.2, 0.25) is 0 Å². The summed E-state index contributed by atoms with van der Waals surface area (Å²) in [5, 5.41) is 12.9. The van der Waals surface area contributed by atoms with Gasteiger partial charge < -0.3 is 20.1 Å². The second kappa shape index (κ2) is 8.52. The predicted octanol–water partition coefficient (Wildman–Crippen LogP) is 5.10. The fourth-order valence-corrected chi connectivity index (χ4v) is 4.45. The van der Waals surface area contributed by atoms with E-state index in [4.69, 9.17) is 4.74 Å². The molecule has 9 heteroatoms. The molecule has 1 amide bonds. The van der Waals surface area contributed by atoms with Gasteiger partial charge in [0, 0.05) is 36.8 Å². The zero-order chi connectivity index (χ0) is 24.8. The summed E-state index contributed by atoms with van der Waals surface area (Å²) in [6, 6.07) is 3.19. The second-order valence-electron chi connectivity index (χ2n) is 10.4. The van der Waals surface area contributed by atoms with Crippen molar-refractivity contribution in [1.82, 2.24) is 10.3 Å². The van der Waals surface area contributed by atoms with Crippen LogP contribution in [0.25, 0.3) is 11.1 Å². The molecular weight excluding hydrogens is 444 g/mol. The number of hydrogen-bond acceptors (Lipinski definition) is 5. The minimum Gasteiger partial charge on any atom is -0.478 e. The van der Waals surface area contributed by atoms with Crippen molar-refractivity contribution >= 4 is 17.7 Å². The number of carbonyl (C=O) groups excluding carboxylic acids is 1. The van der Waals surface area contributed by atoms with Gasteiger partial charge in [-0.1, -0.05) is 0 Å². The van der Waals surface area contributed by atoms with E-state index in [9.17, 15) is 23.5 Å². The van der Waals surface area contributed by atoms with Gasteiger partial charge in [0.1, 0.15) is 22.8 Å². The maximum Gasteiger partial charge on any atom is 0.408 e. The highest BCUT2D eigenvalue weighted by Gasteiger charge is 2.40. The summed E-state index contributed by atoms with van der Waals surface area (Å²) in [7, 11) is 0. The SMILES string of the molecule is CC(C)(C)OC(=O)N[C@@]1(C)CCN(c2c(C(=O)O)cnc(C3CC3)c2-c2cc(F)cc(F)c2)C1. The van der Waals surface area contributed by atoms with Gasteiger partial charge in [-0.15, -0.1) is 0 Å². The van der Waals surface area contributed by atoms with E-state index in [2.05, 4.69) is 10.3 Å². The first-order valence-corrected chi connectivity index (χ1v) is 11.3. The fourth-order valence-electron chi connectivity index (χ4n) is 4.45. The Labute approximate surface area is 197 Å². The van der Waals surface area contributed by atoms with Gasteiger partial charge in [0.15, 0.2) is 0 Å². The van der Waals surface area contributed by atoms with E-state index >= 15 is 0 Å². The standard InChI is InChI=1S/C25H29F2N3O4/c1-24(2,3)34-23(33)29-25(4)7-8-30(13-25)21-18(22(31)32)12-28-20(14-5-6-14)19(21)15-9-16(26)11-17(27)10-15/h9-12,14H,5-8,13H2,1-4H3,(H,29,33)(H,31,32)/t25-/m0/s1. The number of alkyl carbamates (subject to hydrolysis) is 1. The van der Waals surface area contributed by atoms with Gasteiger partial charge in [-0.2, -0.15) is 0 Å². The highest BCUT2D eigenvalue weighted by atomic mass is 19.1. The van der Waals surface area contributed by atoms with E-state index in [1.54, 1.807) is 20.8 Å². The highest BCUT2D eigenvalue weighted by molar-refractivity contribution is 6.00. The number of amides is 1. The third-order valence-electron chi connectivity index (χ3n) is 6.02. The van der Waals surface area contributed by atoms with Crippen molar-refractivity contribution in [2.45, 2.75) is 64.0 Å². The quantitative estimate of drug-likeness (QED) is 0.628. The molecule has 2 aromatic rings. The van der Waals surface area contributed by atoms with Crippen LogP contribution in [0.1, 0.15) is 68.9 Å². The number of ether oxygens (including phenoxy) is 1. The molecule has 2 aliphatic rings. The Balaban J connectivity index is 1.77. The van der Waals surface area contributed by atoms with Crippen LogP contribution in [0, 0.1) is 11.6 Å². The second-order valence-corrected chi connectivity index (χ2v) is 10.4. The van der Waals surface area contributed by atoms with Crippen molar-refractivity contribution in [3.05, 3.63) is 47.3 Å². The molecule has 4 rings (SSSR count). The first-order valence-electron chi connectivity index (χ1n) is 11.3. The van der Waals surface area contributed by atoms with Crippen LogP contribution < -0.4 is 10.2 Å². The molecule has 0 bridgehead atoms. The third kappa shape index (κ3) is 5.13. The molecular formula is C25H29F2N3O4. The number of carboxylic acids is 1. The van der Waals surface area contributed by atoms with E-state index in [-0.39, 0.29) is 17.0 Å². The number of carboxylic acid groups (broad SMARTS) is 1. The summed E-state index contributed by atoms with van der Waals surface area (Å²) in [5.41, 5.74) is 0.286. The Kier molecular flexibility index (Phi) is 5.99. The average Bonchev–Trinajstić information content (AvgIpc) is 3.46. The molecule has 7 nitrogen and oxygen atoms in total. The van der Waals surface area contributed by atoms with Gasteiger partial charge in [-0.05, 0) is 64.7 Å². The number of carbonyl (C=O) groups is 2. The van der Waals surface area contributed by atoms with Gasteiger partial charge >= 0.3 is 12.1 Å². The van der Waals surface area contributed by atoms with Crippen molar-refractivity contribution in [3.63, 3.8) is 0 Å². The maximum absolute atomic E-state index is 14.2. The van der Waals surface area contributed by atoms with Crippen LogP contribution in [-0.2, 0) is 4.74 Å². The lowest BCUT2D eigenvalue weighted by Crippen LogP contribution is -2.49. The lowest BCUT2D eigenvalue weighted by molar-refractivity contribution is 0.0472. The summed E-state index contributed by atoms with van der Waals surface area (Å²) in [4.78, 5) is 30.9. The van der Waals surface area contributed by atoms with E-state index in [1.165, 1.54) is 18.3 Å².